The number of halogens is 1. The number of hydrogen-bond acceptors (Lipinski definition) is 4. The summed E-state index contributed by atoms with van der Waals surface area (Å²) in [6.45, 7) is 0.883. The first-order valence-corrected chi connectivity index (χ1v) is 7.78. The molecule has 1 heterocycles. The van der Waals surface area contributed by atoms with Crippen LogP contribution >= 0.6 is 15.9 Å². The van der Waals surface area contributed by atoms with Gasteiger partial charge in [0.1, 0.15) is 0 Å². The molecule has 1 fully saturated rings. The number of hydrogen-bond donors (Lipinski definition) is 2. The van der Waals surface area contributed by atoms with Crippen molar-refractivity contribution < 1.29 is 13.5 Å². The molecule has 18 heavy (non-hydrogen) atoms. The van der Waals surface area contributed by atoms with Gasteiger partial charge in [0, 0.05) is 24.6 Å². The predicted octanol–water partition coefficient (Wildman–Crippen LogP) is 0.402. The molecule has 0 radical (unpaired) electrons. The molecule has 0 bridgehead atoms. The maximum atomic E-state index is 12.4. The van der Waals surface area contributed by atoms with Crippen LogP contribution < -0.4 is 5.32 Å². The van der Waals surface area contributed by atoms with Gasteiger partial charge in [-0.1, -0.05) is 22.0 Å². The zero-order valence-electron chi connectivity index (χ0n) is 9.88. The van der Waals surface area contributed by atoms with E-state index in [0.29, 0.717) is 17.6 Å². The van der Waals surface area contributed by atoms with Crippen LogP contribution in [-0.4, -0.2) is 50.1 Å². The normalized spacial score (nSPS) is 24.7. The van der Waals surface area contributed by atoms with Crippen molar-refractivity contribution in [2.45, 2.75) is 17.0 Å². The van der Waals surface area contributed by atoms with Gasteiger partial charge < -0.3 is 10.4 Å². The van der Waals surface area contributed by atoms with E-state index in [4.69, 9.17) is 0 Å². The number of benzene rings is 1. The molecule has 0 saturated carbocycles. The number of aliphatic hydroxyl groups is 1. The van der Waals surface area contributed by atoms with Gasteiger partial charge in [-0.2, -0.15) is 4.31 Å². The number of likely N-dealkylation sites (N-methyl/N-ethyl adjacent to an activating group) is 1. The van der Waals surface area contributed by atoms with Gasteiger partial charge in [0.05, 0.1) is 17.0 Å². The highest BCUT2D eigenvalue weighted by atomic mass is 79.9. The molecule has 0 aliphatic carbocycles. The maximum Gasteiger partial charge on any atom is 0.243 e. The first-order valence-electron chi connectivity index (χ1n) is 5.55. The van der Waals surface area contributed by atoms with Crippen LogP contribution in [0.15, 0.2) is 33.6 Å². The minimum Gasteiger partial charge on any atom is -0.390 e. The third-order valence-corrected chi connectivity index (χ3v) is 5.46. The van der Waals surface area contributed by atoms with E-state index in [2.05, 4.69) is 21.2 Å². The maximum absolute atomic E-state index is 12.4. The standard InChI is InChI=1S/C11H15BrN2O3S/c1-14(10-6-13-7-11(10)15)18(16,17)9-4-2-3-8(12)5-9/h2-5,10-11,13,15H,6-7H2,1H3/t10-,11-/m0/s1. The average molecular weight is 335 g/mol. The van der Waals surface area contributed by atoms with Crippen molar-refractivity contribution in [3.8, 4) is 0 Å². The number of sulfonamides is 1. The monoisotopic (exact) mass is 334 g/mol. The van der Waals surface area contributed by atoms with E-state index in [1.54, 1.807) is 24.3 Å². The Bertz CT molecular complexity index is 535. The topological polar surface area (TPSA) is 69.6 Å². The Morgan fingerprint density at radius 1 is 1.44 bits per heavy atom. The zero-order valence-corrected chi connectivity index (χ0v) is 12.3. The minimum absolute atomic E-state index is 0.221. The van der Waals surface area contributed by atoms with Crippen LogP contribution in [0.3, 0.4) is 0 Å². The Balaban J connectivity index is 2.31. The summed E-state index contributed by atoms with van der Waals surface area (Å²) in [5, 5.41) is 12.7. The Hall–Kier alpha value is -0.470. The Kier molecular flexibility index (Phi) is 4.08. The lowest BCUT2D eigenvalue weighted by Gasteiger charge is -2.25. The summed E-state index contributed by atoms with van der Waals surface area (Å²) >= 11 is 3.25. The molecule has 2 atom stereocenters. The minimum atomic E-state index is -3.57. The third-order valence-electron chi connectivity index (χ3n) is 3.09. The lowest BCUT2D eigenvalue weighted by atomic mass is 10.2. The summed E-state index contributed by atoms with van der Waals surface area (Å²) in [6.07, 6.45) is -0.670. The molecule has 2 N–H and O–H groups in total. The van der Waals surface area contributed by atoms with E-state index >= 15 is 0 Å². The predicted molar refractivity (Wildman–Crippen MR) is 71.8 cm³/mol. The summed E-state index contributed by atoms with van der Waals surface area (Å²) in [7, 11) is -2.08. The second-order valence-corrected chi connectivity index (χ2v) is 7.18. The highest BCUT2D eigenvalue weighted by Crippen LogP contribution is 2.22. The molecule has 1 aromatic rings. The molecule has 2 rings (SSSR count). The van der Waals surface area contributed by atoms with Gasteiger partial charge in [0.15, 0.2) is 0 Å². The van der Waals surface area contributed by atoms with Crippen molar-refractivity contribution in [1.29, 1.82) is 0 Å². The van der Waals surface area contributed by atoms with Crippen LogP contribution in [0.2, 0.25) is 0 Å². The van der Waals surface area contributed by atoms with E-state index in [-0.39, 0.29) is 4.90 Å². The van der Waals surface area contributed by atoms with Gasteiger partial charge in [-0.15, -0.1) is 0 Å². The molecule has 1 aliphatic rings. The van der Waals surface area contributed by atoms with Gasteiger partial charge >= 0.3 is 0 Å². The van der Waals surface area contributed by atoms with E-state index in [1.165, 1.54) is 11.4 Å². The van der Waals surface area contributed by atoms with Crippen LogP contribution in [0.25, 0.3) is 0 Å². The van der Waals surface area contributed by atoms with E-state index in [9.17, 15) is 13.5 Å². The number of aliphatic hydroxyl groups excluding tert-OH is 1. The molecular weight excluding hydrogens is 320 g/mol. The van der Waals surface area contributed by atoms with Crippen molar-refractivity contribution in [2.24, 2.45) is 0 Å². The van der Waals surface area contributed by atoms with Crippen LogP contribution in [0, 0.1) is 0 Å². The first-order chi connectivity index (χ1) is 8.43. The van der Waals surface area contributed by atoms with Gasteiger partial charge in [-0.05, 0) is 18.2 Å². The molecule has 0 aromatic heterocycles. The Morgan fingerprint density at radius 3 is 2.72 bits per heavy atom. The molecule has 1 aliphatic heterocycles. The largest absolute Gasteiger partial charge is 0.390 e. The van der Waals surface area contributed by atoms with Gasteiger partial charge in [0.25, 0.3) is 0 Å². The second kappa shape index (κ2) is 5.26. The molecule has 1 saturated heterocycles. The lowest BCUT2D eigenvalue weighted by Crippen LogP contribution is -2.44. The SMILES string of the molecule is CN([C@H]1CNC[C@@H]1O)S(=O)(=O)c1cccc(Br)c1. The molecular formula is C11H15BrN2O3S. The van der Waals surface area contributed by atoms with Crippen molar-refractivity contribution in [1.82, 2.24) is 9.62 Å². The lowest BCUT2D eigenvalue weighted by molar-refractivity contribution is 0.136. The molecule has 1 aromatic carbocycles. The van der Waals surface area contributed by atoms with Crippen LogP contribution in [0.4, 0.5) is 0 Å². The van der Waals surface area contributed by atoms with E-state index in [0.717, 1.165) is 0 Å². The van der Waals surface area contributed by atoms with Crippen molar-refractivity contribution >= 4 is 26.0 Å². The highest BCUT2D eigenvalue weighted by molar-refractivity contribution is 9.10. The summed E-state index contributed by atoms with van der Waals surface area (Å²) in [6, 6.07) is 6.12. The quantitative estimate of drug-likeness (QED) is 0.839. The van der Waals surface area contributed by atoms with Crippen molar-refractivity contribution in [3.05, 3.63) is 28.7 Å². The first kappa shape index (κ1) is 14.0. The van der Waals surface area contributed by atoms with Gasteiger partial charge in [0.2, 0.25) is 10.0 Å². The molecule has 0 amide bonds. The third kappa shape index (κ3) is 2.60. The Morgan fingerprint density at radius 2 is 2.17 bits per heavy atom. The summed E-state index contributed by atoms with van der Waals surface area (Å²) in [5.41, 5.74) is 0. The fourth-order valence-corrected chi connectivity index (χ4v) is 3.98. The molecule has 100 valence electrons. The van der Waals surface area contributed by atoms with Crippen LogP contribution in [0.5, 0.6) is 0 Å². The summed E-state index contributed by atoms with van der Waals surface area (Å²) in [5.74, 6) is 0. The summed E-state index contributed by atoms with van der Waals surface area (Å²) < 4.78 is 26.7. The molecule has 0 spiro atoms. The number of nitrogens with one attached hydrogen (secondary N) is 1. The van der Waals surface area contributed by atoms with Gasteiger partial charge in [-0.3, -0.25) is 0 Å². The van der Waals surface area contributed by atoms with Crippen molar-refractivity contribution in [3.63, 3.8) is 0 Å². The van der Waals surface area contributed by atoms with Gasteiger partial charge in [-0.25, -0.2) is 8.42 Å². The highest BCUT2D eigenvalue weighted by Gasteiger charge is 2.35. The second-order valence-electron chi connectivity index (χ2n) is 4.27. The molecule has 7 heteroatoms. The fourth-order valence-electron chi connectivity index (χ4n) is 1.99. The number of β-amino-alcohol motifs (C(OH)–C–C–N with tert-alkyl or cyclic N) is 1. The molecule has 0 unspecified atom stereocenters. The average Bonchev–Trinajstić information content (AvgIpc) is 2.74. The van der Waals surface area contributed by atoms with E-state index in [1.807, 2.05) is 0 Å². The fraction of sp³-hybridized carbons (Fsp3) is 0.455. The smallest absolute Gasteiger partial charge is 0.243 e. The van der Waals surface area contributed by atoms with E-state index < -0.39 is 22.2 Å². The zero-order chi connectivity index (χ0) is 13.3. The van der Waals surface area contributed by atoms with Crippen LogP contribution in [-0.2, 0) is 10.0 Å². The summed E-state index contributed by atoms with van der Waals surface area (Å²) in [4.78, 5) is 0.221. The Labute approximate surface area is 115 Å². The number of nitrogens with zero attached hydrogens (tertiary/aromatic N) is 1. The molecule has 5 nitrogen and oxygen atoms in total. The van der Waals surface area contributed by atoms with Crippen molar-refractivity contribution in [2.75, 3.05) is 20.1 Å². The van der Waals surface area contributed by atoms with Crippen LogP contribution in [0.1, 0.15) is 0 Å². The number of rotatable bonds is 3.